The van der Waals surface area contributed by atoms with Crippen LogP contribution in [0.2, 0.25) is 0 Å². The standard InChI is InChI=1S/C20H23N5O4S2/c1-13-18(20(26)25-7-9-29-10-8-25)30-19(22-13)16-11-17(14(2)24(16)3)31(27,28)23-15-5-4-6-21-12-15/h4-6,11-12,23H,7-10H2,1-3H3. The molecule has 4 rings (SSSR count). The number of carbonyl (C=O) groups excluding carboxylic acids is 1. The number of amides is 1. The molecule has 0 aliphatic carbocycles. The van der Waals surface area contributed by atoms with Gasteiger partial charge in [-0.15, -0.1) is 11.3 Å². The predicted molar refractivity (Wildman–Crippen MR) is 118 cm³/mol. The first-order valence-electron chi connectivity index (χ1n) is 9.72. The van der Waals surface area contributed by atoms with Crippen LogP contribution in [-0.4, -0.2) is 60.1 Å². The van der Waals surface area contributed by atoms with Gasteiger partial charge in [0.25, 0.3) is 15.9 Å². The molecular formula is C20H23N5O4S2. The Hall–Kier alpha value is -2.76. The molecule has 0 unspecified atom stereocenters. The molecule has 4 heterocycles. The van der Waals surface area contributed by atoms with E-state index in [1.807, 2.05) is 0 Å². The highest BCUT2D eigenvalue weighted by atomic mass is 32.2. The Bertz CT molecular complexity index is 1210. The van der Waals surface area contributed by atoms with Crippen LogP contribution >= 0.6 is 11.3 Å². The highest BCUT2D eigenvalue weighted by Gasteiger charge is 2.27. The lowest BCUT2D eigenvalue weighted by molar-refractivity contribution is 0.0305. The summed E-state index contributed by atoms with van der Waals surface area (Å²) >= 11 is 1.28. The molecule has 1 amide bonds. The minimum atomic E-state index is -3.81. The number of anilines is 1. The lowest BCUT2D eigenvalue weighted by Crippen LogP contribution is -2.40. The number of thiazole rings is 1. The van der Waals surface area contributed by atoms with Crippen LogP contribution in [0.5, 0.6) is 0 Å². The van der Waals surface area contributed by atoms with Crippen molar-refractivity contribution in [2.45, 2.75) is 18.7 Å². The van der Waals surface area contributed by atoms with E-state index in [-0.39, 0.29) is 10.8 Å². The van der Waals surface area contributed by atoms with E-state index in [0.717, 1.165) is 0 Å². The lowest BCUT2D eigenvalue weighted by atomic mass is 10.3. The molecule has 0 saturated carbocycles. The molecule has 1 fully saturated rings. The summed E-state index contributed by atoms with van der Waals surface area (Å²) in [6.07, 6.45) is 3.02. The third-order valence-corrected chi connectivity index (χ3v) is 7.87. The van der Waals surface area contributed by atoms with Crippen LogP contribution in [0.15, 0.2) is 35.5 Å². The maximum absolute atomic E-state index is 13.0. The number of aromatic nitrogens is 3. The number of sulfonamides is 1. The Balaban J connectivity index is 1.66. The van der Waals surface area contributed by atoms with Crippen LogP contribution in [0.3, 0.4) is 0 Å². The first-order valence-corrected chi connectivity index (χ1v) is 12.0. The third kappa shape index (κ3) is 4.21. The van der Waals surface area contributed by atoms with Crippen molar-refractivity contribution in [3.63, 3.8) is 0 Å². The van der Waals surface area contributed by atoms with Crippen molar-refractivity contribution in [1.82, 2.24) is 19.4 Å². The molecule has 164 valence electrons. The maximum Gasteiger partial charge on any atom is 0.266 e. The number of hydrogen-bond donors (Lipinski definition) is 1. The zero-order valence-electron chi connectivity index (χ0n) is 17.5. The van der Waals surface area contributed by atoms with Crippen molar-refractivity contribution >= 4 is 33.0 Å². The molecule has 0 radical (unpaired) electrons. The average molecular weight is 462 g/mol. The van der Waals surface area contributed by atoms with Gasteiger partial charge in [-0.3, -0.25) is 14.5 Å². The van der Waals surface area contributed by atoms with E-state index >= 15 is 0 Å². The zero-order chi connectivity index (χ0) is 22.2. The Morgan fingerprint density at radius 3 is 2.68 bits per heavy atom. The number of nitrogens with zero attached hydrogens (tertiary/aromatic N) is 4. The highest BCUT2D eigenvalue weighted by molar-refractivity contribution is 7.92. The number of carbonyl (C=O) groups is 1. The van der Waals surface area contributed by atoms with Gasteiger partial charge in [0.15, 0.2) is 0 Å². The Kier molecular flexibility index (Phi) is 5.82. The fourth-order valence-corrected chi connectivity index (χ4v) is 5.82. The first kappa shape index (κ1) is 21.5. The normalized spacial score (nSPS) is 14.6. The van der Waals surface area contributed by atoms with Crippen LogP contribution in [0.4, 0.5) is 5.69 Å². The van der Waals surface area contributed by atoms with Gasteiger partial charge in [-0.05, 0) is 32.0 Å². The van der Waals surface area contributed by atoms with Crippen molar-refractivity contribution in [2.75, 3.05) is 31.0 Å². The second kappa shape index (κ2) is 8.40. The number of hydrogen-bond acceptors (Lipinski definition) is 7. The quantitative estimate of drug-likeness (QED) is 0.626. The number of pyridine rings is 1. The van der Waals surface area contributed by atoms with Crippen molar-refractivity contribution in [3.05, 3.63) is 46.9 Å². The number of morpholine rings is 1. The zero-order valence-corrected chi connectivity index (χ0v) is 19.1. The predicted octanol–water partition coefficient (Wildman–Crippen LogP) is 2.43. The van der Waals surface area contributed by atoms with Crippen molar-refractivity contribution in [1.29, 1.82) is 0 Å². The van der Waals surface area contributed by atoms with E-state index in [0.29, 0.717) is 59.0 Å². The molecular weight excluding hydrogens is 438 g/mol. The Morgan fingerprint density at radius 1 is 1.26 bits per heavy atom. The van der Waals surface area contributed by atoms with Gasteiger partial charge in [0.05, 0.1) is 36.5 Å². The summed E-state index contributed by atoms with van der Waals surface area (Å²) in [5, 5.41) is 0.600. The van der Waals surface area contributed by atoms with Crippen LogP contribution in [0.25, 0.3) is 10.7 Å². The highest BCUT2D eigenvalue weighted by Crippen LogP contribution is 2.33. The molecule has 3 aromatic rings. The molecule has 1 N–H and O–H groups in total. The Morgan fingerprint density at radius 2 is 2.00 bits per heavy atom. The SMILES string of the molecule is Cc1nc(-c2cc(S(=O)(=O)Nc3cccnc3)c(C)n2C)sc1C(=O)N1CCOCC1. The van der Waals surface area contributed by atoms with Gasteiger partial charge in [0, 0.05) is 32.0 Å². The molecule has 0 spiro atoms. The van der Waals surface area contributed by atoms with Crippen LogP contribution in [-0.2, 0) is 21.8 Å². The van der Waals surface area contributed by atoms with Crippen molar-refractivity contribution < 1.29 is 17.9 Å². The minimum Gasteiger partial charge on any atom is -0.378 e. The van der Waals surface area contributed by atoms with E-state index in [1.165, 1.54) is 17.5 Å². The monoisotopic (exact) mass is 461 g/mol. The minimum absolute atomic E-state index is 0.0680. The molecule has 1 aliphatic rings. The van der Waals surface area contributed by atoms with E-state index < -0.39 is 10.0 Å². The third-order valence-electron chi connectivity index (χ3n) is 5.20. The number of ether oxygens (including phenoxy) is 1. The summed E-state index contributed by atoms with van der Waals surface area (Å²) in [6.45, 7) is 5.69. The Labute approximate surface area is 184 Å². The summed E-state index contributed by atoms with van der Waals surface area (Å²) in [4.78, 5) is 23.9. The van der Waals surface area contributed by atoms with Gasteiger partial charge < -0.3 is 14.2 Å². The van der Waals surface area contributed by atoms with E-state index in [2.05, 4.69) is 14.7 Å². The maximum atomic E-state index is 13.0. The lowest BCUT2D eigenvalue weighted by Gasteiger charge is -2.26. The largest absolute Gasteiger partial charge is 0.378 e. The van der Waals surface area contributed by atoms with Crippen LogP contribution in [0.1, 0.15) is 21.1 Å². The molecule has 3 aromatic heterocycles. The fraction of sp³-hybridized carbons (Fsp3) is 0.350. The molecule has 11 heteroatoms. The van der Waals surface area contributed by atoms with Gasteiger partial charge in [-0.2, -0.15) is 0 Å². The summed E-state index contributed by atoms with van der Waals surface area (Å²) in [6, 6.07) is 4.89. The summed E-state index contributed by atoms with van der Waals surface area (Å²) in [5.74, 6) is -0.0680. The summed E-state index contributed by atoms with van der Waals surface area (Å²) in [7, 11) is -2.03. The number of aryl methyl sites for hydroxylation is 1. The van der Waals surface area contributed by atoms with Gasteiger partial charge in [-0.25, -0.2) is 13.4 Å². The molecule has 9 nitrogen and oxygen atoms in total. The van der Waals surface area contributed by atoms with Gasteiger partial charge in [-0.1, -0.05) is 0 Å². The van der Waals surface area contributed by atoms with Gasteiger partial charge in [0.2, 0.25) is 0 Å². The summed E-state index contributed by atoms with van der Waals surface area (Å²) < 4.78 is 35.6. The van der Waals surface area contributed by atoms with E-state index in [1.54, 1.807) is 54.8 Å². The second-order valence-electron chi connectivity index (χ2n) is 7.22. The molecule has 0 atom stereocenters. The van der Waals surface area contributed by atoms with Crippen molar-refractivity contribution in [2.24, 2.45) is 7.05 Å². The summed E-state index contributed by atoms with van der Waals surface area (Å²) in [5.41, 5.74) is 2.22. The molecule has 0 bridgehead atoms. The van der Waals surface area contributed by atoms with Crippen LogP contribution in [0, 0.1) is 13.8 Å². The van der Waals surface area contributed by atoms with Gasteiger partial charge >= 0.3 is 0 Å². The van der Waals surface area contributed by atoms with Crippen LogP contribution < -0.4 is 4.72 Å². The first-order chi connectivity index (χ1) is 14.8. The van der Waals surface area contributed by atoms with Gasteiger partial charge in [0.1, 0.15) is 14.8 Å². The molecule has 31 heavy (non-hydrogen) atoms. The van der Waals surface area contributed by atoms with E-state index in [4.69, 9.17) is 4.74 Å². The number of rotatable bonds is 5. The molecule has 0 aromatic carbocycles. The topological polar surface area (TPSA) is 106 Å². The molecule has 1 saturated heterocycles. The van der Waals surface area contributed by atoms with Crippen molar-refractivity contribution in [3.8, 4) is 10.7 Å². The smallest absolute Gasteiger partial charge is 0.266 e. The van der Waals surface area contributed by atoms with E-state index in [9.17, 15) is 13.2 Å². The average Bonchev–Trinajstić information content (AvgIpc) is 3.29. The molecule has 1 aliphatic heterocycles. The second-order valence-corrected chi connectivity index (χ2v) is 9.87. The number of nitrogens with one attached hydrogen (secondary N) is 1. The fourth-order valence-electron chi connectivity index (χ4n) is 3.40.